The van der Waals surface area contributed by atoms with Gasteiger partial charge in [0.15, 0.2) is 0 Å². The van der Waals surface area contributed by atoms with Crippen LogP contribution in [0.5, 0.6) is 0 Å². The number of aromatic nitrogens is 3. The van der Waals surface area contributed by atoms with Crippen molar-refractivity contribution in [2.75, 3.05) is 7.05 Å². The van der Waals surface area contributed by atoms with E-state index in [1.165, 1.54) is 22.2 Å². The highest BCUT2D eigenvalue weighted by Gasteiger charge is 2.24. The highest BCUT2D eigenvalue weighted by Crippen LogP contribution is 2.36. The molecule has 8 nitrogen and oxygen atoms in total. The zero-order valence-corrected chi connectivity index (χ0v) is 19.8. The van der Waals surface area contributed by atoms with Gasteiger partial charge in [-0.25, -0.2) is 9.78 Å². The Balaban J connectivity index is 1.96. The molecule has 3 aromatic heterocycles. The standard InChI is InChI=1S/C24H26N4O4S/c1-15(2)32-18(17-8-6-5-7-9-17)14-28-23-19(22(29)27(24(28)30)12-10-25-4)16(3)20(33-23)21-26-11-13-31-21/h5-11,13,15,18H,12,14H2,1-4H3/b25-10-/t18-/m0/s1. The van der Waals surface area contributed by atoms with Gasteiger partial charge in [-0.3, -0.25) is 18.9 Å². The van der Waals surface area contributed by atoms with Crippen molar-refractivity contribution >= 4 is 27.8 Å². The van der Waals surface area contributed by atoms with E-state index in [2.05, 4.69) is 9.98 Å². The van der Waals surface area contributed by atoms with Crippen LogP contribution >= 0.6 is 11.3 Å². The van der Waals surface area contributed by atoms with Crippen LogP contribution in [0.1, 0.15) is 31.1 Å². The van der Waals surface area contributed by atoms with Crippen LogP contribution in [0.15, 0.2) is 61.8 Å². The summed E-state index contributed by atoms with van der Waals surface area (Å²) in [4.78, 5) is 36.4. The molecule has 0 saturated carbocycles. The Kier molecular flexibility index (Phi) is 6.71. The quantitative estimate of drug-likeness (QED) is 0.365. The first-order valence-electron chi connectivity index (χ1n) is 10.7. The lowest BCUT2D eigenvalue weighted by molar-refractivity contribution is -0.00336. The minimum Gasteiger partial charge on any atom is -0.444 e. The number of rotatable bonds is 8. The number of nitrogens with zero attached hydrogens (tertiary/aromatic N) is 4. The average molecular weight is 467 g/mol. The molecule has 0 amide bonds. The molecule has 0 aliphatic carbocycles. The molecule has 1 atom stereocenters. The second-order valence-electron chi connectivity index (χ2n) is 7.91. The van der Waals surface area contributed by atoms with Crippen LogP contribution in [0.2, 0.25) is 0 Å². The highest BCUT2D eigenvalue weighted by atomic mass is 32.1. The van der Waals surface area contributed by atoms with E-state index in [1.807, 2.05) is 51.1 Å². The summed E-state index contributed by atoms with van der Waals surface area (Å²) in [6.07, 6.45) is 4.18. The third kappa shape index (κ3) is 4.46. The van der Waals surface area contributed by atoms with Gasteiger partial charge in [-0.15, -0.1) is 11.3 Å². The maximum absolute atomic E-state index is 13.5. The minimum atomic E-state index is -0.402. The number of fused-ring (bicyclic) bond motifs is 1. The summed E-state index contributed by atoms with van der Waals surface area (Å²) in [6, 6.07) is 9.79. The van der Waals surface area contributed by atoms with Gasteiger partial charge in [0.1, 0.15) is 17.2 Å². The first-order chi connectivity index (χ1) is 15.9. The highest BCUT2D eigenvalue weighted by molar-refractivity contribution is 7.22. The van der Waals surface area contributed by atoms with E-state index in [9.17, 15) is 9.59 Å². The number of hydrogen-bond donors (Lipinski definition) is 0. The number of benzene rings is 1. The molecular weight excluding hydrogens is 440 g/mol. The van der Waals surface area contributed by atoms with Crippen molar-refractivity contribution in [2.45, 2.75) is 46.1 Å². The lowest BCUT2D eigenvalue weighted by Gasteiger charge is -2.22. The van der Waals surface area contributed by atoms with Crippen molar-refractivity contribution in [3.63, 3.8) is 0 Å². The molecule has 0 spiro atoms. The van der Waals surface area contributed by atoms with Gasteiger partial charge in [0, 0.05) is 13.3 Å². The predicted octanol–water partition coefficient (Wildman–Crippen LogP) is 4.06. The second-order valence-corrected chi connectivity index (χ2v) is 8.91. The molecule has 0 radical (unpaired) electrons. The molecule has 3 heterocycles. The molecule has 1 aromatic carbocycles. The molecule has 0 unspecified atom stereocenters. The Morgan fingerprint density at radius 2 is 1.97 bits per heavy atom. The molecule has 0 aliphatic rings. The van der Waals surface area contributed by atoms with E-state index in [1.54, 1.807) is 24.0 Å². The Hall–Kier alpha value is -3.30. The normalized spacial score (nSPS) is 12.9. The van der Waals surface area contributed by atoms with E-state index >= 15 is 0 Å². The van der Waals surface area contributed by atoms with Crippen molar-refractivity contribution in [1.82, 2.24) is 14.1 Å². The fourth-order valence-corrected chi connectivity index (χ4v) is 5.05. The van der Waals surface area contributed by atoms with Gasteiger partial charge in [-0.1, -0.05) is 30.3 Å². The molecule has 172 valence electrons. The average Bonchev–Trinajstić information content (AvgIpc) is 3.44. The molecule has 0 bridgehead atoms. The summed E-state index contributed by atoms with van der Waals surface area (Å²) < 4.78 is 14.5. The van der Waals surface area contributed by atoms with Gasteiger partial charge >= 0.3 is 5.69 Å². The summed E-state index contributed by atoms with van der Waals surface area (Å²) in [5.41, 5.74) is 0.944. The van der Waals surface area contributed by atoms with Crippen molar-refractivity contribution in [1.29, 1.82) is 0 Å². The smallest absolute Gasteiger partial charge is 0.332 e. The van der Waals surface area contributed by atoms with Crippen LogP contribution in [0, 0.1) is 6.92 Å². The van der Waals surface area contributed by atoms with Crippen molar-refractivity contribution in [3.8, 4) is 10.8 Å². The number of hydrogen-bond acceptors (Lipinski definition) is 7. The molecule has 0 fully saturated rings. The molecular formula is C24H26N4O4S. The number of ether oxygens (including phenoxy) is 1. The molecule has 0 saturated heterocycles. The molecule has 9 heteroatoms. The lowest BCUT2D eigenvalue weighted by Crippen LogP contribution is -2.41. The predicted molar refractivity (Wildman–Crippen MR) is 130 cm³/mol. The van der Waals surface area contributed by atoms with Crippen molar-refractivity contribution in [2.24, 2.45) is 4.99 Å². The third-order valence-electron chi connectivity index (χ3n) is 5.32. The van der Waals surface area contributed by atoms with Gasteiger partial charge in [0.05, 0.1) is 35.7 Å². The summed E-state index contributed by atoms with van der Waals surface area (Å²) in [5.74, 6) is 0.423. The van der Waals surface area contributed by atoms with Crippen LogP contribution in [-0.2, 0) is 17.8 Å². The topological polar surface area (TPSA) is 91.6 Å². The third-order valence-corrected chi connectivity index (χ3v) is 6.63. The molecule has 33 heavy (non-hydrogen) atoms. The van der Waals surface area contributed by atoms with E-state index < -0.39 is 5.69 Å². The van der Waals surface area contributed by atoms with Gasteiger partial charge < -0.3 is 9.15 Å². The van der Waals surface area contributed by atoms with Crippen molar-refractivity contribution < 1.29 is 9.15 Å². The summed E-state index contributed by atoms with van der Waals surface area (Å²) in [6.45, 7) is 6.12. The Morgan fingerprint density at radius 1 is 1.21 bits per heavy atom. The van der Waals surface area contributed by atoms with E-state index in [-0.39, 0.29) is 30.9 Å². The second kappa shape index (κ2) is 9.68. The van der Waals surface area contributed by atoms with E-state index in [4.69, 9.17) is 9.15 Å². The Labute approximate surface area is 194 Å². The van der Waals surface area contributed by atoms with Crippen LogP contribution in [0.4, 0.5) is 0 Å². The van der Waals surface area contributed by atoms with Gasteiger partial charge in [0.2, 0.25) is 5.89 Å². The first kappa shape index (κ1) is 22.9. The first-order valence-corrected chi connectivity index (χ1v) is 11.5. The van der Waals surface area contributed by atoms with Crippen LogP contribution in [0.25, 0.3) is 21.0 Å². The van der Waals surface area contributed by atoms with Crippen LogP contribution < -0.4 is 11.2 Å². The van der Waals surface area contributed by atoms with Gasteiger partial charge in [0.25, 0.3) is 5.56 Å². The van der Waals surface area contributed by atoms with Crippen molar-refractivity contribution in [3.05, 3.63) is 74.8 Å². The van der Waals surface area contributed by atoms with Gasteiger partial charge in [-0.2, -0.15) is 0 Å². The zero-order chi connectivity index (χ0) is 23.5. The summed E-state index contributed by atoms with van der Waals surface area (Å²) in [7, 11) is 1.61. The Bertz CT molecular complexity index is 1380. The maximum Gasteiger partial charge on any atom is 0.332 e. The number of thiophene rings is 1. The summed E-state index contributed by atoms with van der Waals surface area (Å²) >= 11 is 1.33. The fourth-order valence-electron chi connectivity index (χ4n) is 3.81. The molecule has 4 aromatic rings. The number of oxazole rings is 1. The fraction of sp³-hybridized carbons (Fsp3) is 0.333. The lowest BCUT2D eigenvalue weighted by atomic mass is 10.1. The van der Waals surface area contributed by atoms with E-state index in [0.717, 1.165) is 16.0 Å². The molecule has 0 N–H and O–H groups in total. The maximum atomic E-state index is 13.5. The number of aliphatic imine (C=N–C) groups is 1. The Morgan fingerprint density at radius 3 is 2.61 bits per heavy atom. The largest absolute Gasteiger partial charge is 0.444 e. The monoisotopic (exact) mass is 466 g/mol. The molecule has 4 rings (SSSR count). The number of aryl methyl sites for hydroxylation is 1. The minimum absolute atomic E-state index is 0.0486. The van der Waals surface area contributed by atoms with Gasteiger partial charge in [-0.05, 0) is 31.9 Å². The zero-order valence-electron chi connectivity index (χ0n) is 19.0. The van der Waals surface area contributed by atoms with Crippen LogP contribution in [-0.4, -0.2) is 33.5 Å². The summed E-state index contributed by atoms with van der Waals surface area (Å²) in [5, 5.41) is 0.480. The van der Waals surface area contributed by atoms with E-state index in [0.29, 0.717) is 16.1 Å². The SMILES string of the molecule is C/N=C\Cn1c(=O)c2c(C)c(-c3ncco3)sc2n(C[C@H](OC(C)C)c2ccccc2)c1=O. The van der Waals surface area contributed by atoms with Crippen LogP contribution in [0.3, 0.4) is 0 Å². The molecule has 0 aliphatic heterocycles.